The molecule has 0 aromatic heterocycles. The Hall–Kier alpha value is -2.66. The second-order valence-electron chi connectivity index (χ2n) is 5.56. The number of benzene rings is 1. The highest BCUT2D eigenvalue weighted by Crippen LogP contribution is 2.46. The summed E-state index contributed by atoms with van der Waals surface area (Å²) < 4.78 is 22.2. The molecule has 1 atom stereocenters. The van der Waals surface area contributed by atoms with Crippen molar-refractivity contribution in [3.8, 4) is 17.6 Å². The van der Waals surface area contributed by atoms with Crippen LogP contribution in [0.1, 0.15) is 31.7 Å². The lowest BCUT2D eigenvalue weighted by Crippen LogP contribution is -2.26. The minimum atomic E-state index is -0.782. The van der Waals surface area contributed by atoms with Crippen LogP contribution in [0.4, 0.5) is 0 Å². The van der Waals surface area contributed by atoms with Crippen LogP contribution in [0.5, 0.6) is 11.5 Å². The molecule has 1 aliphatic heterocycles. The molecule has 144 valence electrons. The monoisotopic (exact) mass is 436 g/mol. The van der Waals surface area contributed by atoms with Gasteiger partial charge in [0.25, 0.3) is 0 Å². The van der Waals surface area contributed by atoms with Crippen molar-refractivity contribution in [2.24, 2.45) is 5.73 Å². The first kappa shape index (κ1) is 20.6. The van der Waals surface area contributed by atoms with Crippen LogP contribution in [0.25, 0.3) is 0 Å². The van der Waals surface area contributed by atoms with Crippen molar-refractivity contribution in [3.05, 3.63) is 45.0 Å². The molecule has 0 saturated heterocycles. The van der Waals surface area contributed by atoms with Gasteiger partial charge in [0.1, 0.15) is 28.9 Å². The molecule has 2 N–H and O–H groups in total. The van der Waals surface area contributed by atoms with E-state index in [0.717, 1.165) is 0 Å². The number of ether oxygens (including phenoxy) is 4. The van der Waals surface area contributed by atoms with Gasteiger partial charge in [-0.25, -0.2) is 4.79 Å². The molecule has 1 aliphatic rings. The summed E-state index contributed by atoms with van der Waals surface area (Å²) in [6, 6.07) is 5.47. The molecule has 0 radical (unpaired) electrons. The van der Waals surface area contributed by atoms with Crippen molar-refractivity contribution in [3.63, 3.8) is 0 Å². The molecule has 7 nitrogen and oxygen atoms in total. The summed E-state index contributed by atoms with van der Waals surface area (Å²) in [6.07, 6.45) is 0.406. The molecule has 1 aromatic rings. The molecule has 1 aromatic carbocycles. The van der Waals surface area contributed by atoms with E-state index >= 15 is 0 Å². The highest BCUT2D eigenvalue weighted by Gasteiger charge is 2.39. The van der Waals surface area contributed by atoms with E-state index in [4.69, 9.17) is 24.7 Å². The van der Waals surface area contributed by atoms with Crippen LogP contribution in [0.3, 0.4) is 0 Å². The summed E-state index contributed by atoms with van der Waals surface area (Å²) in [5.74, 6) is -0.0240. The zero-order valence-electron chi connectivity index (χ0n) is 15.6. The average Bonchev–Trinajstić information content (AvgIpc) is 2.66. The van der Waals surface area contributed by atoms with Gasteiger partial charge in [0.15, 0.2) is 0 Å². The third-order valence-electron chi connectivity index (χ3n) is 4.13. The smallest absolute Gasteiger partial charge is 0.338 e. The van der Waals surface area contributed by atoms with E-state index in [1.165, 1.54) is 14.2 Å². The fourth-order valence-electron chi connectivity index (χ4n) is 2.93. The van der Waals surface area contributed by atoms with Gasteiger partial charge in [0.05, 0.1) is 36.8 Å². The van der Waals surface area contributed by atoms with Gasteiger partial charge in [-0.05, 0) is 28.9 Å². The second kappa shape index (κ2) is 8.82. The third-order valence-corrected chi connectivity index (χ3v) is 4.75. The van der Waals surface area contributed by atoms with Crippen LogP contribution in [-0.2, 0) is 14.3 Å². The first-order chi connectivity index (χ1) is 12.9. The number of rotatable bonds is 6. The highest BCUT2D eigenvalue weighted by atomic mass is 79.9. The molecule has 8 heteroatoms. The average molecular weight is 437 g/mol. The van der Waals surface area contributed by atoms with Crippen LogP contribution in [-0.4, -0.2) is 26.8 Å². The van der Waals surface area contributed by atoms with Crippen LogP contribution in [0.15, 0.2) is 39.4 Å². The molecule has 0 amide bonds. The summed E-state index contributed by atoms with van der Waals surface area (Å²) in [7, 11) is 3.03. The fraction of sp³-hybridized carbons (Fsp3) is 0.368. The lowest BCUT2D eigenvalue weighted by Gasteiger charge is -2.29. The molecule has 0 fully saturated rings. The summed E-state index contributed by atoms with van der Waals surface area (Å²) in [5.41, 5.74) is 6.90. The number of carbonyl (C=O) groups excluding carboxylic acids is 1. The number of allylic oxidation sites excluding steroid dienone is 2. The van der Waals surface area contributed by atoms with E-state index in [0.29, 0.717) is 33.7 Å². The van der Waals surface area contributed by atoms with Gasteiger partial charge in [-0.15, -0.1) is 0 Å². The zero-order valence-corrected chi connectivity index (χ0v) is 17.2. The molecule has 0 aliphatic carbocycles. The van der Waals surface area contributed by atoms with Gasteiger partial charge < -0.3 is 24.7 Å². The van der Waals surface area contributed by atoms with Crippen molar-refractivity contribution in [2.45, 2.75) is 26.2 Å². The van der Waals surface area contributed by atoms with Crippen molar-refractivity contribution in [2.75, 3.05) is 20.8 Å². The Morgan fingerprint density at radius 3 is 2.48 bits per heavy atom. The van der Waals surface area contributed by atoms with Crippen molar-refractivity contribution < 1.29 is 23.7 Å². The van der Waals surface area contributed by atoms with Gasteiger partial charge in [0, 0.05) is 18.1 Å². The van der Waals surface area contributed by atoms with Crippen molar-refractivity contribution in [1.82, 2.24) is 0 Å². The molecule has 0 bridgehead atoms. The topological polar surface area (TPSA) is 104 Å². The Labute approximate surface area is 166 Å². The maximum absolute atomic E-state index is 12.7. The molecule has 1 heterocycles. The van der Waals surface area contributed by atoms with Crippen molar-refractivity contribution in [1.29, 1.82) is 5.26 Å². The van der Waals surface area contributed by atoms with Crippen LogP contribution in [0.2, 0.25) is 0 Å². The van der Waals surface area contributed by atoms with E-state index in [1.54, 1.807) is 19.1 Å². The molecule has 27 heavy (non-hydrogen) atoms. The van der Waals surface area contributed by atoms with Crippen molar-refractivity contribution >= 4 is 21.9 Å². The van der Waals surface area contributed by atoms with E-state index in [9.17, 15) is 10.1 Å². The number of methoxy groups -OCH3 is 2. The van der Waals surface area contributed by atoms with Gasteiger partial charge in [-0.3, -0.25) is 0 Å². The number of halogens is 1. The predicted octanol–water partition coefficient (Wildman–Crippen LogP) is 3.50. The van der Waals surface area contributed by atoms with Gasteiger partial charge in [0.2, 0.25) is 5.88 Å². The van der Waals surface area contributed by atoms with Crippen LogP contribution in [0, 0.1) is 11.3 Å². The molecule has 2 rings (SSSR count). The predicted molar refractivity (Wildman–Crippen MR) is 102 cm³/mol. The fourth-order valence-corrected chi connectivity index (χ4v) is 3.46. The van der Waals surface area contributed by atoms with Gasteiger partial charge in [-0.2, -0.15) is 5.26 Å². The Morgan fingerprint density at radius 1 is 1.30 bits per heavy atom. The van der Waals surface area contributed by atoms with Crippen LogP contribution < -0.4 is 15.2 Å². The second-order valence-corrected chi connectivity index (χ2v) is 6.42. The minimum absolute atomic E-state index is 0.0404. The van der Waals surface area contributed by atoms with Gasteiger partial charge in [-0.1, -0.05) is 6.92 Å². The summed E-state index contributed by atoms with van der Waals surface area (Å²) in [5, 5.41) is 9.70. The number of hydrogen-bond donors (Lipinski definition) is 1. The lowest BCUT2D eigenvalue weighted by atomic mass is 9.82. The number of hydrogen-bond acceptors (Lipinski definition) is 7. The third kappa shape index (κ3) is 3.88. The number of nitriles is 1. The van der Waals surface area contributed by atoms with Crippen LogP contribution >= 0.6 is 15.9 Å². The first-order valence-electron chi connectivity index (χ1n) is 8.32. The summed E-state index contributed by atoms with van der Waals surface area (Å²) in [6.45, 7) is 3.73. The maximum atomic E-state index is 12.7. The molecule has 0 unspecified atom stereocenters. The molecular formula is C19H21BrN2O5. The normalized spacial score (nSPS) is 16.5. The highest BCUT2D eigenvalue weighted by molar-refractivity contribution is 9.10. The number of nitrogens with two attached hydrogens (primary N) is 1. The Kier molecular flexibility index (Phi) is 6.75. The van der Waals surface area contributed by atoms with E-state index in [-0.39, 0.29) is 23.6 Å². The quantitative estimate of drug-likeness (QED) is 0.680. The molecule has 0 saturated carbocycles. The number of esters is 1. The maximum Gasteiger partial charge on any atom is 0.338 e. The standard InChI is InChI=1S/C19H21BrN2O5/c1-5-13-17(19(23)26-6-2)16(11(9-21)18(22)27-13)10-7-12(20)15(25-4)8-14(10)24-3/h7-8,16H,5-6,22H2,1-4H3/t16-/m1/s1. The van der Waals surface area contributed by atoms with E-state index in [2.05, 4.69) is 22.0 Å². The molecular weight excluding hydrogens is 416 g/mol. The first-order valence-corrected chi connectivity index (χ1v) is 9.11. The Morgan fingerprint density at radius 2 is 1.96 bits per heavy atom. The Balaban J connectivity index is 2.79. The van der Waals surface area contributed by atoms with Gasteiger partial charge >= 0.3 is 5.97 Å². The Bertz CT molecular complexity index is 854. The lowest BCUT2D eigenvalue weighted by molar-refractivity contribution is -0.139. The van der Waals surface area contributed by atoms with E-state index in [1.807, 2.05) is 6.92 Å². The number of nitrogens with zero attached hydrogens (tertiary/aromatic N) is 1. The van der Waals surface area contributed by atoms with E-state index < -0.39 is 11.9 Å². The SMILES string of the molecule is CCOC(=O)C1=C(CC)OC(N)=C(C#N)[C@H]1c1cc(Br)c(OC)cc1OC. The summed E-state index contributed by atoms with van der Waals surface area (Å²) in [4.78, 5) is 12.7. The zero-order chi connectivity index (χ0) is 20.1. The molecule has 0 spiro atoms. The minimum Gasteiger partial charge on any atom is -0.496 e. The summed E-state index contributed by atoms with van der Waals surface area (Å²) >= 11 is 3.44. The number of carbonyl (C=O) groups is 1. The largest absolute Gasteiger partial charge is 0.496 e.